The Bertz CT molecular complexity index is 896. The van der Waals surface area contributed by atoms with Gasteiger partial charge >= 0.3 is 0 Å². The number of carbonyl (C=O) groups excluding carboxylic acids is 1. The molecule has 6 nitrogen and oxygen atoms in total. The second-order valence-corrected chi connectivity index (χ2v) is 7.13. The fourth-order valence-corrected chi connectivity index (χ4v) is 3.13. The van der Waals surface area contributed by atoms with Gasteiger partial charge in [0, 0.05) is 18.6 Å². The highest BCUT2D eigenvalue weighted by molar-refractivity contribution is 7.83. The second-order valence-electron chi connectivity index (χ2n) is 5.74. The van der Waals surface area contributed by atoms with Crippen molar-refractivity contribution in [1.29, 1.82) is 0 Å². The lowest BCUT2D eigenvalue weighted by Crippen LogP contribution is -2.24. The molecule has 0 aliphatic carbocycles. The Morgan fingerprint density at radius 3 is 2.88 bits per heavy atom. The molecule has 1 unspecified atom stereocenters. The van der Waals surface area contributed by atoms with Crippen LogP contribution in [-0.4, -0.2) is 26.8 Å². The third kappa shape index (κ3) is 5.29. The zero-order valence-electron chi connectivity index (χ0n) is 14.8. The van der Waals surface area contributed by atoms with Crippen LogP contribution in [0.2, 0.25) is 0 Å². The molecule has 1 amide bonds. The zero-order chi connectivity index (χ0) is 19.1. The Kier molecular flexibility index (Phi) is 6.68. The van der Waals surface area contributed by atoms with E-state index in [1.807, 2.05) is 32.0 Å². The molecule has 0 bridgehead atoms. The molecule has 3 N–H and O–H groups in total. The molecule has 0 aliphatic rings. The summed E-state index contributed by atoms with van der Waals surface area (Å²) in [5.41, 5.74) is 8.10. The average molecular weight is 370 g/mol. The number of rotatable bonds is 7. The molecule has 1 aromatic heterocycles. The van der Waals surface area contributed by atoms with E-state index in [-0.39, 0.29) is 12.5 Å². The minimum Gasteiger partial charge on any atom is -0.404 e. The third-order valence-electron chi connectivity index (χ3n) is 3.48. The van der Waals surface area contributed by atoms with Crippen molar-refractivity contribution in [2.75, 3.05) is 6.54 Å². The van der Waals surface area contributed by atoms with E-state index in [0.29, 0.717) is 16.2 Å². The van der Waals surface area contributed by atoms with Crippen LogP contribution in [0.3, 0.4) is 0 Å². The summed E-state index contributed by atoms with van der Waals surface area (Å²) in [5.74, 6) is -0.285. The van der Waals surface area contributed by atoms with Gasteiger partial charge in [0.25, 0.3) is 5.91 Å². The van der Waals surface area contributed by atoms with E-state index in [0.717, 1.165) is 11.1 Å². The summed E-state index contributed by atoms with van der Waals surface area (Å²) in [6.45, 7) is 7.73. The first-order valence-electron chi connectivity index (χ1n) is 7.96. The van der Waals surface area contributed by atoms with Gasteiger partial charge in [-0.05, 0) is 49.4 Å². The fraction of sp³-hybridized carbons (Fsp3) is 0.158. The molecule has 0 fully saturated rings. The summed E-state index contributed by atoms with van der Waals surface area (Å²) in [5, 5.41) is 2.73. The van der Waals surface area contributed by atoms with Crippen LogP contribution in [0.5, 0.6) is 0 Å². The molecule has 1 atom stereocenters. The summed E-state index contributed by atoms with van der Waals surface area (Å²) in [7, 11) is -1.40. The molecule has 136 valence electrons. The molecule has 0 saturated heterocycles. The molecule has 0 aliphatic heterocycles. The smallest absolute Gasteiger partial charge is 0.253 e. The number of aromatic nitrogens is 1. The Labute approximate surface area is 155 Å². The van der Waals surface area contributed by atoms with Crippen LogP contribution < -0.4 is 11.1 Å². The Morgan fingerprint density at radius 2 is 2.19 bits per heavy atom. The molecule has 26 heavy (non-hydrogen) atoms. The molecule has 2 aromatic rings. The fourth-order valence-electron chi connectivity index (χ4n) is 2.03. The number of allylic oxidation sites excluding steroid dienone is 1. The molecule has 7 heteroatoms. The lowest BCUT2D eigenvalue weighted by molar-refractivity contribution is 0.0957. The highest BCUT2D eigenvalue weighted by Gasteiger charge is 2.11. The Balaban J connectivity index is 1.98. The van der Waals surface area contributed by atoms with Crippen molar-refractivity contribution in [2.24, 2.45) is 10.7 Å². The van der Waals surface area contributed by atoms with Gasteiger partial charge in [-0.2, -0.15) is 0 Å². The summed E-state index contributed by atoms with van der Waals surface area (Å²) in [6, 6.07) is 9.07. The third-order valence-corrected chi connectivity index (χ3v) is 4.75. The number of carbonyl (C=O) groups is 1. The number of benzene rings is 1. The minimum atomic E-state index is -1.40. The van der Waals surface area contributed by atoms with E-state index >= 15 is 0 Å². The normalized spacial score (nSPS) is 12.9. The lowest BCUT2D eigenvalue weighted by Gasteiger charge is -2.05. The monoisotopic (exact) mass is 370 g/mol. The Hall–Kier alpha value is -2.93. The standard InChI is InChI=1S/C19H22N4O2S/c1-14-5-4-6-18(9-14)26(25)23-8-7-17(13-23)19(24)22-12-16(3)21-11-15(2)10-20/h4-11,13H,3,12,20H2,1-2H3,(H,22,24)/b15-10-,21-11?. The van der Waals surface area contributed by atoms with E-state index in [4.69, 9.17) is 5.73 Å². The number of hydrogen-bond donors (Lipinski definition) is 2. The van der Waals surface area contributed by atoms with Crippen molar-refractivity contribution >= 4 is 23.1 Å². The number of amides is 1. The predicted octanol–water partition coefficient (Wildman–Crippen LogP) is 2.54. The quantitative estimate of drug-likeness (QED) is 0.734. The van der Waals surface area contributed by atoms with Gasteiger partial charge in [-0.25, -0.2) is 4.21 Å². The largest absolute Gasteiger partial charge is 0.404 e. The SMILES string of the molecule is C=C(CNC(=O)c1ccn(S(=O)c2cccc(C)c2)c1)N=C/C(C)=C\N. The van der Waals surface area contributed by atoms with Crippen molar-refractivity contribution in [1.82, 2.24) is 9.29 Å². The van der Waals surface area contributed by atoms with E-state index in [2.05, 4.69) is 16.9 Å². The number of aryl methyl sites for hydroxylation is 1. The summed E-state index contributed by atoms with van der Waals surface area (Å²) < 4.78 is 14.1. The van der Waals surface area contributed by atoms with Gasteiger partial charge < -0.3 is 11.1 Å². The number of nitrogens with zero attached hydrogens (tertiary/aromatic N) is 2. The van der Waals surface area contributed by atoms with E-state index in [1.165, 1.54) is 10.2 Å². The van der Waals surface area contributed by atoms with Gasteiger partial charge in [-0.3, -0.25) is 13.8 Å². The summed E-state index contributed by atoms with van der Waals surface area (Å²) >= 11 is 0. The molecule has 0 spiro atoms. The molecule has 1 heterocycles. The van der Waals surface area contributed by atoms with Crippen molar-refractivity contribution in [2.45, 2.75) is 18.7 Å². The zero-order valence-corrected chi connectivity index (χ0v) is 15.6. The lowest BCUT2D eigenvalue weighted by atomic mass is 10.2. The van der Waals surface area contributed by atoms with Gasteiger partial charge in [-0.15, -0.1) is 0 Å². The van der Waals surface area contributed by atoms with Gasteiger partial charge in [0.15, 0.2) is 11.0 Å². The maximum absolute atomic E-state index is 12.6. The van der Waals surface area contributed by atoms with Crippen molar-refractivity contribution in [3.63, 3.8) is 0 Å². The number of nitrogens with two attached hydrogens (primary N) is 1. The van der Waals surface area contributed by atoms with Crippen molar-refractivity contribution in [3.8, 4) is 0 Å². The van der Waals surface area contributed by atoms with Crippen LogP contribution in [-0.2, 0) is 11.0 Å². The molecule has 0 radical (unpaired) electrons. The predicted molar refractivity (Wildman–Crippen MR) is 105 cm³/mol. The summed E-state index contributed by atoms with van der Waals surface area (Å²) in [6.07, 6.45) is 6.19. The Morgan fingerprint density at radius 1 is 1.42 bits per heavy atom. The first kappa shape index (κ1) is 19.4. The molecule has 1 aromatic carbocycles. The van der Waals surface area contributed by atoms with Crippen LogP contribution in [0.15, 0.2) is 76.7 Å². The number of nitrogens with one attached hydrogen (secondary N) is 1. The van der Waals surface area contributed by atoms with Gasteiger partial charge in [0.05, 0.1) is 22.7 Å². The van der Waals surface area contributed by atoms with E-state index < -0.39 is 11.0 Å². The molecule has 0 saturated carbocycles. The van der Waals surface area contributed by atoms with Crippen LogP contribution in [0.25, 0.3) is 0 Å². The topological polar surface area (TPSA) is 89.5 Å². The molecular weight excluding hydrogens is 348 g/mol. The minimum absolute atomic E-state index is 0.208. The summed E-state index contributed by atoms with van der Waals surface area (Å²) in [4.78, 5) is 17.0. The van der Waals surface area contributed by atoms with Gasteiger partial charge in [-0.1, -0.05) is 18.7 Å². The molecular formula is C19H22N4O2S. The van der Waals surface area contributed by atoms with Crippen LogP contribution >= 0.6 is 0 Å². The first-order valence-corrected chi connectivity index (χ1v) is 9.07. The highest BCUT2D eigenvalue weighted by atomic mass is 32.2. The second kappa shape index (κ2) is 8.96. The van der Waals surface area contributed by atoms with Gasteiger partial charge in [0.2, 0.25) is 0 Å². The van der Waals surface area contributed by atoms with Crippen LogP contribution in [0.4, 0.5) is 0 Å². The van der Waals surface area contributed by atoms with Crippen LogP contribution in [0.1, 0.15) is 22.8 Å². The average Bonchev–Trinajstić information content (AvgIpc) is 3.13. The van der Waals surface area contributed by atoms with E-state index in [1.54, 1.807) is 30.7 Å². The molecule has 2 rings (SSSR count). The maximum atomic E-state index is 12.6. The van der Waals surface area contributed by atoms with E-state index in [9.17, 15) is 9.00 Å². The van der Waals surface area contributed by atoms with Crippen LogP contribution in [0, 0.1) is 6.92 Å². The number of aliphatic imine (C=N–C) groups is 1. The first-order chi connectivity index (χ1) is 12.4. The van der Waals surface area contributed by atoms with Crippen molar-refractivity contribution < 1.29 is 9.00 Å². The highest BCUT2D eigenvalue weighted by Crippen LogP contribution is 2.13. The van der Waals surface area contributed by atoms with Crippen molar-refractivity contribution in [3.05, 3.63) is 77.9 Å². The number of hydrogen-bond acceptors (Lipinski definition) is 4. The van der Waals surface area contributed by atoms with Gasteiger partial charge in [0.1, 0.15) is 0 Å². The maximum Gasteiger partial charge on any atom is 0.253 e.